The van der Waals surface area contributed by atoms with Crippen molar-refractivity contribution in [2.24, 2.45) is 5.92 Å². The van der Waals surface area contributed by atoms with Crippen molar-refractivity contribution >= 4 is 11.8 Å². The van der Waals surface area contributed by atoms with Crippen molar-refractivity contribution in [1.82, 2.24) is 14.8 Å². The first-order chi connectivity index (χ1) is 12.2. The predicted octanol–water partition coefficient (Wildman–Crippen LogP) is 2.34. The molecule has 0 atom stereocenters. The summed E-state index contributed by atoms with van der Waals surface area (Å²) in [7, 11) is 1.51. The standard InChI is InChI=1S/C19H27N3O3/c1-25-18-16(7-4-10-20-18)19(24)22-13-11-21(12-14-22)17(23)9-8-15-5-2-3-6-15/h4,7,10,15H,2-3,5-6,8-9,11-14H2,1H3. The molecule has 2 fully saturated rings. The molecule has 2 amide bonds. The number of ether oxygens (including phenoxy) is 1. The largest absolute Gasteiger partial charge is 0.480 e. The molecule has 1 aliphatic carbocycles. The first kappa shape index (κ1) is 17.7. The van der Waals surface area contributed by atoms with E-state index >= 15 is 0 Å². The van der Waals surface area contributed by atoms with E-state index in [0.29, 0.717) is 44.0 Å². The van der Waals surface area contributed by atoms with E-state index in [2.05, 4.69) is 4.98 Å². The fourth-order valence-corrected chi connectivity index (χ4v) is 3.83. The van der Waals surface area contributed by atoms with E-state index in [-0.39, 0.29) is 11.8 Å². The van der Waals surface area contributed by atoms with Crippen LogP contribution in [0.4, 0.5) is 0 Å². The highest BCUT2D eigenvalue weighted by atomic mass is 16.5. The molecule has 1 aromatic rings. The molecule has 1 saturated carbocycles. The lowest BCUT2D eigenvalue weighted by atomic mass is 10.0. The molecule has 3 rings (SSSR count). The third-order valence-electron chi connectivity index (χ3n) is 5.36. The van der Waals surface area contributed by atoms with Gasteiger partial charge in [0.2, 0.25) is 11.8 Å². The minimum Gasteiger partial charge on any atom is -0.480 e. The van der Waals surface area contributed by atoms with E-state index in [1.54, 1.807) is 23.2 Å². The van der Waals surface area contributed by atoms with Gasteiger partial charge >= 0.3 is 0 Å². The number of hydrogen-bond donors (Lipinski definition) is 0. The zero-order chi connectivity index (χ0) is 17.6. The SMILES string of the molecule is COc1ncccc1C(=O)N1CCN(C(=O)CCC2CCCC2)CC1. The van der Waals surface area contributed by atoms with Crippen molar-refractivity contribution in [3.05, 3.63) is 23.9 Å². The van der Waals surface area contributed by atoms with Crippen LogP contribution in [0, 0.1) is 5.92 Å². The Bertz CT molecular complexity index is 606. The van der Waals surface area contributed by atoms with Gasteiger partial charge in [-0.15, -0.1) is 0 Å². The Morgan fingerprint density at radius 3 is 2.52 bits per heavy atom. The fourth-order valence-electron chi connectivity index (χ4n) is 3.83. The van der Waals surface area contributed by atoms with Crippen LogP contribution in [0.3, 0.4) is 0 Å². The lowest BCUT2D eigenvalue weighted by Crippen LogP contribution is -2.50. The molecule has 0 aromatic carbocycles. The third-order valence-corrected chi connectivity index (χ3v) is 5.36. The molecule has 1 aliphatic heterocycles. The minimum absolute atomic E-state index is 0.0806. The van der Waals surface area contributed by atoms with E-state index in [4.69, 9.17) is 4.74 Å². The van der Waals surface area contributed by atoms with Crippen molar-refractivity contribution in [3.63, 3.8) is 0 Å². The van der Waals surface area contributed by atoms with E-state index in [9.17, 15) is 9.59 Å². The molecule has 0 unspecified atom stereocenters. The summed E-state index contributed by atoms with van der Waals surface area (Å²) in [6, 6.07) is 3.46. The Kier molecular flexibility index (Phi) is 5.89. The first-order valence-corrected chi connectivity index (χ1v) is 9.25. The normalized spacial score (nSPS) is 18.4. The van der Waals surface area contributed by atoms with Gasteiger partial charge in [0, 0.05) is 38.8 Å². The summed E-state index contributed by atoms with van der Waals surface area (Å²) in [5, 5.41) is 0. The van der Waals surface area contributed by atoms with Gasteiger partial charge in [0.15, 0.2) is 0 Å². The number of methoxy groups -OCH3 is 1. The Hall–Kier alpha value is -2.11. The molecule has 2 heterocycles. The molecule has 0 spiro atoms. The van der Waals surface area contributed by atoms with Gasteiger partial charge in [-0.3, -0.25) is 9.59 Å². The summed E-state index contributed by atoms with van der Waals surface area (Å²) >= 11 is 0. The highest BCUT2D eigenvalue weighted by Gasteiger charge is 2.27. The summed E-state index contributed by atoms with van der Waals surface area (Å²) in [4.78, 5) is 32.8. The number of carbonyl (C=O) groups is 2. The van der Waals surface area contributed by atoms with E-state index in [1.165, 1.54) is 32.8 Å². The van der Waals surface area contributed by atoms with Crippen molar-refractivity contribution in [2.75, 3.05) is 33.3 Å². The highest BCUT2D eigenvalue weighted by Crippen LogP contribution is 2.28. The molecule has 6 nitrogen and oxygen atoms in total. The maximum Gasteiger partial charge on any atom is 0.259 e. The topological polar surface area (TPSA) is 62.7 Å². The number of hydrogen-bond acceptors (Lipinski definition) is 4. The number of carbonyl (C=O) groups excluding carboxylic acids is 2. The molecule has 0 radical (unpaired) electrons. The van der Waals surface area contributed by atoms with Crippen LogP contribution >= 0.6 is 0 Å². The molecule has 2 aliphatic rings. The van der Waals surface area contributed by atoms with Crippen LogP contribution in [0.1, 0.15) is 48.9 Å². The van der Waals surface area contributed by atoms with Crippen LogP contribution < -0.4 is 4.74 Å². The number of piperazine rings is 1. The van der Waals surface area contributed by atoms with Crippen molar-refractivity contribution in [1.29, 1.82) is 0 Å². The smallest absolute Gasteiger partial charge is 0.259 e. The quantitative estimate of drug-likeness (QED) is 0.822. The molecule has 6 heteroatoms. The number of rotatable bonds is 5. The maximum atomic E-state index is 12.7. The Labute approximate surface area is 149 Å². The Balaban J connectivity index is 1.49. The molecule has 25 heavy (non-hydrogen) atoms. The summed E-state index contributed by atoms with van der Waals surface area (Å²) in [6.45, 7) is 2.34. The molecule has 0 bridgehead atoms. The van der Waals surface area contributed by atoms with Gasteiger partial charge in [0.05, 0.1) is 7.11 Å². The van der Waals surface area contributed by atoms with Gasteiger partial charge in [-0.25, -0.2) is 4.98 Å². The Morgan fingerprint density at radius 2 is 1.84 bits per heavy atom. The van der Waals surface area contributed by atoms with E-state index in [1.807, 2.05) is 4.90 Å². The first-order valence-electron chi connectivity index (χ1n) is 9.25. The van der Waals surface area contributed by atoms with Crippen molar-refractivity contribution in [3.8, 4) is 5.88 Å². The molecule has 1 aromatic heterocycles. The lowest BCUT2D eigenvalue weighted by molar-refractivity contribution is -0.133. The maximum absolute atomic E-state index is 12.7. The second-order valence-corrected chi connectivity index (χ2v) is 6.92. The van der Waals surface area contributed by atoms with E-state index in [0.717, 1.165) is 12.3 Å². The van der Waals surface area contributed by atoms with Gasteiger partial charge in [0.1, 0.15) is 5.56 Å². The number of amides is 2. The summed E-state index contributed by atoms with van der Waals surface area (Å²) < 4.78 is 5.17. The van der Waals surface area contributed by atoms with E-state index < -0.39 is 0 Å². The zero-order valence-electron chi connectivity index (χ0n) is 14.9. The summed E-state index contributed by atoms with van der Waals surface area (Å²) in [5.41, 5.74) is 0.478. The average molecular weight is 345 g/mol. The van der Waals surface area contributed by atoms with Crippen molar-refractivity contribution in [2.45, 2.75) is 38.5 Å². The highest BCUT2D eigenvalue weighted by molar-refractivity contribution is 5.96. The van der Waals surface area contributed by atoms with Crippen LogP contribution in [0.5, 0.6) is 5.88 Å². The molecular weight excluding hydrogens is 318 g/mol. The monoisotopic (exact) mass is 345 g/mol. The van der Waals surface area contributed by atoms with Gasteiger partial charge in [-0.2, -0.15) is 0 Å². The molecule has 0 N–H and O–H groups in total. The molecule has 1 saturated heterocycles. The van der Waals surface area contributed by atoms with Crippen LogP contribution in [0.25, 0.3) is 0 Å². The summed E-state index contributed by atoms with van der Waals surface area (Å²) in [5.74, 6) is 1.24. The number of pyridine rings is 1. The van der Waals surface area contributed by atoms with Crippen LogP contribution in [-0.4, -0.2) is 59.9 Å². The Morgan fingerprint density at radius 1 is 1.16 bits per heavy atom. The lowest BCUT2D eigenvalue weighted by Gasteiger charge is -2.35. The van der Waals surface area contributed by atoms with Crippen molar-refractivity contribution < 1.29 is 14.3 Å². The second-order valence-electron chi connectivity index (χ2n) is 6.92. The second kappa shape index (κ2) is 8.32. The van der Waals surface area contributed by atoms with Gasteiger partial charge in [-0.1, -0.05) is 25.7 Å². The van der Waals surface area contributed by atoms with Gasteiger partial charge in [0.25, 0.3) is 5.91 Å². The van der Waals surface area contributed by atoms with Gasteiger partial charge < -0.3 is 14.5 Å². The zero-order valence-corrected chi connectivity index (χ0v) is 14.9. The molecule has 136 valence electrons. The van der Waals surface area contributed by atoms with Crippen LogP contribution in [-0.2, 0) is 4.79 Å². The number of aromatic nitrogens is 1. The van der Waals surface area contributed by atoms with Crippen LogP contribution in [0.2, 0.25) is 0 Å². The van der Waals surface area contributed by atoms with Crippen LogP contribution in [0.15, 0.2) is 18.3 Å². The average Bonchev–Trinajstić information content (AvgIpc) is 3.19. The number of nitrogens with zero attached hydrogens (tertiary/aromatic N) is 3. The molecular formula is C19H27N3O3. The van der Waals surface area contributed by atoms with Gasteiger partial charge in [-0.05, 0) is 24.5 Å². The fraction of sp³-hybridized carbons (Fsp3) is 0.632. The minimum atomic E-state index is -0.0806. The predicted molar refractivity (Wildman–Crippen MR) is 94.5 cm³/mol. The summed E-state index contributed by atoms with van der Waals surface area (Å²) in [6.07, 6.45) is 8.47. The third kappa shape index (κ3) is 4.30.